The molecule has 0 spiro atoms. The molecule has 0 unspecified atom stereocenters. The van der Waals surface area contributed by atoms with Crippen molar-refractivity contribution in [2.45, 2.75) is 38.1 Å². The first kappa shape index (κ1) is 15.5. The van der Waals surface area contributed by atoms with Crippen LogP contribution in [-0.2, 0) is 6.42 Å². The maximum atomic E-state index is 12.2. The SMILES string of the molecule is O=C(NC1CCCC1)c1cc(NCCc2ccccc2)ncn1. The van der Waals surface area contributed by atoms with E-state index in [9.17, 15) is 4.79 Å². The standard InChI is InChI=1S/C18H22N4O/c23-18(22-15-8-4-5-9-15)16-12-17(21-13-20-16)19-11-10-14-6-2-1-3-7-14/h1-3,6-7,12-13,15H,4-5,8-11H2,(H,22,23)(H,19,20,21). The molecule has 0 atom stereocenters. The largest absolute Gasteiger partial charge is 0.370 e. The van der Waals surface area contributed by atoms with E-state index in [-0.39, 0.29) is 5.91 Å². The third kappa shape index (κ3) is 4.52. The Hall–Kier alpha value is -2.43. The van der Waals surface area contributed by atoms with Crippen molar-refractivity contribution >= 4 is 11.7 Å². The first-order chi connectivity index (χ1) is 11.3. The van der Waals surface area contributed by atoms with Crippen molar-refractivity contribution < 1.29 is 4.79 Å². The second kappa shape index (κ2) is 7.72. The van der Waals surface area contributed by atoms with E-state index in [0.717, 1.165) is 25.8 Å². The van der Waals surface area contributed by atoms with Gasteiger partial charge in [-0.15, -0.1) is 0 Å². The van der Waals surface area contributed by atoms with Crippen molar-refractivity contribution in [1.29, 1.82) is 0 Å². The van der Waals surface area contributed by atoms with Gasteiger partial charge >= 0.3 is 0 Å². The number of nitrogens with one attached hydrogen (secondary N) is 2. The molecule has 1 aliphatic rings. The quantitative estimate of drug-likeness (QED) is 0.861. The van der Waals surface area contributed by atoms with Crippen LogP contribution in [0.5, 0.6) is 0 Å². The Labute approximate surface area is 136 Å². The van der Waals surface area contributed by atoms with Crippen LogP contribution in [0, 0.1) is 0 Å². The number of rotatable bonds is 6. The van der Waals surface area contributed by atoms with Gasteiger partial charge in [0, 0.05) is 18.7 Å². The molecule has 0 saturated heterocycles. The van der Waals surface area contributed by atoms with Gasteiger partial charge in [0.05, 0.1) is 0 Å². The summed E-state index contributed by atoms with van der Waals surface area (Å²) in [5.74, 6) is 0.581. The third-order valence-electron chi connectivity index (χ3n) is 4.15. The number of carbonyl (C=O) groups excluding carboxylic acids is 1. The van der Waals surface area contributed by atoms with Crippen LogP contribution in [0.15, 0.2) is 42.7 Å². The normalized spacial score (nSPS) is 14.6. The van der Waals surface area contributed by atoms with Gasteiger partial charge in [-0.1, -0.05) is 43.2 Å². The molecular weight excluding hydrogens is 288 g/mol. The van der Waals surface area contributed by atoms with E-state index in [0.29, 0.717) is 17.6 Å². The lowest BCUT2D eigenvalue weighted by molar-refractivity contribution is 0.0932. The number of hydrogen-bond acceptors (Lipinski definition) is 4. The second-order valence-electron chi connectivity index (χ2n) is 5.91. The third-order valence-corrected chi connectivity index (χ3v) is 4.15. The molecule has 0 aliphatic heterocycles. The highest BCUT2D eigenvalue weighted by atomic mass is 16.1. The summed E-state index contributed by atoms with van der Waals surface area (Å²) in [6, 6.07) is 12.3. The summed E-state index contributed by atoms with van der Waals surface area (Å²) >= 11 is 0. The number of carbonyl (C=O) groups is 1. The molecule has 120 valence electrons. The minimum absolute atomic E-state index is 0.106. The van der Waals surface area contributed by atoms with E-state index >= 15 is 0 Å². The number of nitrogens with zero attached hydrogens (tertiary/aromatic N) is 2. The lowest BCUT2D eigenvalue weighted by Crippen LogP contribution is -2.33. The highest BCUT2D eigenvalue weighted by Crippen LogP contribution is 2.18. The van der Waals surface area contributed by atoms with Crippen LogP contribution >= 0.6 is 0 Å². The van der Waals surface area contributed by atoms with Crippen LogP contribution in [-0.4, -0.2) is 28.5 Å². The van der Waals surface area contributed by atoms with Gasteiger partial charge < -0.3 is 10.6 Å². The minimum Gasteiger partial charge on any atom is -0.370 e. The highest BCUT2D eigenvalue weighted by molar-refractivity contribution is 5.93. The summed E-state index contributed by atoms with van der Waals surface area (Å²) in [6.45, 7) is 0.769. The number of hydrogen-bond donors (Lipinski definition) is 2. The molecule has 5 heteroatoms. The average Bonchev–Trinajstić information content (AvgIpc) is 3.09. The Bertz CT molecular complexity index is 638. The van der Waals surface area contributed by atoms with Crippen molar-refractivity contribution in [3.63, 3.8) is 0 Å². The number of anilines is 1. The van der Waals surface area contributed by atoms with Gasteiger partial charge in [-0.25, -0.2) is 9.97 Å². The van der Waals surface area contributed by atoms with E-state index in [1.165, 1.54) is 24.7 Å². The molecular formula is C18H22N4O. The summed E-state index contributed by atoms with van der Waals surface area (Å²) in [5, 5.41) is 6.30. The zero-order valence-electron chi connectivity index (χ0n) is 13.2. The van der Waals surface area contributed by atoms with Gasteiger partial charge in [0.1, 0.15) is 17.8 Å². The number of amides is 1. The van der Waals surface area contributed by atoms with E-state index in [1.54, 1.807) is 6.07 Å². The fourth-order valence-electron chi connectivity index (χ4n) is 2.89. The van der Waals surface area contributed by atoms with Crippen molar-refractivity contribution in [2.24, 2.45) is 0 Å². The maximum absolute atomic E-state index is 12.2. The van der Waals surface area contributed by atoms with Gasteiger partial charge in [-0.3, -0.25) is 4.79 Å². The molecule has 1 aromatic heterocycles. The number of benzene rings is 1. The zero-order valence-corrected chi connectivity index (χ0v) is 13.2. The average molecular weight is 310 g/mol. The fourth-order valence-corrected chi connectivity index (χ4v) is 2.89. The van der Waals surface area contributed by atoms with Gasteiger partial charge in [-0.05, 0) is 24.8 Å². The molecule has 2 aromatic rings. The molecule has 1 aromatic carbocycles. The molecule has 2 N–H and O–H groups in total. The van der Waals surface area contributed by atoms with E-state index in [4.69, 9.17) is 0 Å². The number of aromatic nitrogens is 2. The van der Waals surface area contributed by atoms with Crippen LogP contribution in [0.4, 0.5) is 5.82 Å². The minimum atomic E-state index is -0.106. The van der Waals surface area contributed by atoms with Gasteiger partial charge in [0.25, 0.3) is 5.91 Å². The Morgan fingerprint density at radius 1 is 1.13 bits per heavy atom. The first-order valence-electron chi connectivity index (χ1n) is 8.22. The van der Waals surface area contributed by atoms with E-state index in [2.05, 4.69) is 32.7 Å². The molecule has 1 aliphatic carbocycles. The lowest BCUT2D eigenvalue weighted by Gasteiger charge is -2.12. The van der Waals surface area contributed by atoms with Crippen molar-refractivity contribution in [3.8, 4) is 0 Å². The smallest absolute Gasteiger partial charge is 0.270 e. The second-order valence-corrected chi connectivity index (χ2v) is 5.91. The van der Waals surface area contributed by atoms with Gasteiger partial charge in [-0.2, -0.15) is 0 Å². The Morgan fingerprint density at radius 2 is 1.91 bits per heavy atom. The zero-order chi connectivity index (χ0) is 15.9. The van der Waals surface area contributed by atoms with E-state index < -0.39 is 0 Å². The van der Waals surface area contributed by atoms with Gasteiger partial charge in [0.15, 0.2) is 0 Å². The summed E-state index contributed by atoms with van der Waals surface area (Å²) in [5.41, 5.74) is 1.70. The monoisotopic (exact) mass is 310 g/mol. The van der Waals surface area contributed by atoms with Crippen LogP contribution in [0.3, 0.4) is 0 Å². The fraction of sp³-hybridized carbons (Fsp3) is 0.389. The van der Waals surface area contributed by atoms with Crippen LogP contribution < -0.4 is 10.6 Å². The summed E-state index contributed by atoms with van der Waals surface area (Å²) in [7, 11) is 0. The summed E-state index contributed by atoms with van der Waals surface area (Å²) in [4.78, 5) is 20.5. The topological polar surface area (TPSA) is 66.9 Å². The van der Waals surface area contributed by atoms with Gasteiger partial charge in [0.2, 0.25) is 0 Å². The molecule has 0 radical (unpaired) electrons. The Balaban J connectivity index is 1.53. The van der Waals surface area contributed by atoms with Crippen molar-refractivity contribution in [1.82, 2.24) is 15.3 Å². The molecule has 1 amide bonds. The molecule has 1 saturated carbocycles. The molecule has 5 nitrogen and oxygen atoms in total. The Morgan fingerprint density at radius 3 is 2.70 bits per heavy atom. The van der Waals surface area contributed by atoms with Crippen LogP contribution in [0.1, 0.15) is 41.7 Å². The van der Waals surface area contributed by atoms with E-state index in [1.807, 2.05) is 18.2 Å². The first-order valence-corrected chi connectivity index (χ1v) is 8.22. The molecule has 1 heterocycles. The maximum Gasteiger partial charge on any atom is 0.270 e. The van der Waals surface area contributed by atoms with Crippen molar-refractivity contribution in [2.75, 3.05) is 11.9 Å². The Kier molecular flexibility index (Phi) is 5.19. The summed E-state index contributed by atoms with van der Waals surface area (Å²) in [6.07, 6.45) is 6.88. The molecule has 23 heavy (non-hydrogen) atoms. The molecule has 3 rings (SSSR count). The van der Waals surface area contributed by atoms with Crippen LogP contribution in [0.25, 0.3) is 0 Å². The lowest BCUT2D eigenvalue weighted by atomic mass is 10.1. The predicted molar refractivity (Wildman–Crippen MR) is 90.4 cm³/mol. The highest BCUT2D eigenvalue weighted by Gasteiger charge is 2.18. The predicted octanol–water partition coefficient (Wildman–Crippen LogP) is 2.80. The van der Waals surface area contributed by atoms with Crippen molar-refractivity contribution in [3.05, 3.63) is 54.0 Å². The summed E-state index contributed by atoms with van der Waals surface area (Å²) < 4.78 is 0. The van der Waals surface area contributed by atoms with Crippen LogP contribution in [0.2, 0.25) is 0 Å². The molecule has 1 fully saturated rings. The molecule has 0 bridgehead atoms.